The van der Waals surface area contributed by atoms with Crippen molar-refractivity contribution in [3.63, 3.8) is 0 Å². The third-order valence-electron chi connectivity index (χ3n) is 2.82. The van der Waals surface area contributed by atoms with Crippen molar-refractivity contribution in [1.29, 1.82) is 0 Å². The summed E-state index contributed by atoms with van der Waals surface area (Å²) >= 11 is 0. The van der Waals surface area contributed by atoms with Crippen LogP contribution < -0.4 is 21.1 Å². The Labute approximate surface area is 125 Å². The number of ether oxygens (including phenoxy) is 1. The summed E-state index contributed by atoms with van der Waals surface area (Å²) < 4.78 is 19.2. The van der Waals surface area contributed by atoms with Gasteiger partial charge in [0.2, 0.25) is 5.91 Å². The van der Waals surface area contributed by atoms with E-state index in [2.05, 4.69) is 0 Å². The van der Waals surface area contributed by atoms with Crippen molar-refractivity contribution in [3.05, 3.63) is 17.9 Å². The molecule has 1 amide bonds. The fraction of sp³-hybridized carbons (Fsp3) is 0.533. The van der Waals surface area contributed by atoms with Crippen LogP contribution >= 0.6 is 0 Å². The first-order chi connectivity index (χ1) is 9.85. The minimum atomic E-state index is -0.506. The molecule has 0 saturated heterocycles. The Morgan fingerprint density at radius 3 is 2.62 bits per heavy atom. The van der Waals surface area contributed by atoms with E-state index in [9.17, 15) is 9.18 Å². The summed E-state index contributed by atoms with van der Waals surface area (Å²) in [7, 11) is 0. The normalized spacial score (nSPS) is 10.7. The number of nitrogens with two attached hydrogens (primary N) is 2. The molecule has 21 heavy (non-hydrogen) atoms. The zero-order valence-corrected chi connectivity index (χ0v) is 12.9. The maximum absolute atomic E-state index is 13.8. The van der Waals surface area contributed by atoms with Gasteiger partial charge >= 0.3 is 0 Å². The first-order valence-corrected chi connectivity index (χ1v) is 7.10. The second-order valence-corrected chi connectivity index (χ2v) is 5.43. The number of hydrogen-bond donors (Lipinski definition) is 2. The molecule has 4 N–H and O–H groups in total. The Balaban J connectivity index is 3.12. The van der Waals surface area contributed by atoms with Crippen LogP contribution in [0.2, 0.25) is 0 Å². The highest BCUT2D eigenvalue weighted by molar-refractivity contribution is 5.82. The molecule has 0 bridgehead atoms. The lowest BCUT2D eigenvalue weighted by Crippen LogP contribution is -2.36. The Morgan fingerprint density at radius 1 is 1.43 bits per heavy atom. The van der Waals surface area contributed by atoms with E-state index in [-0.39, 0.29) is 18.0 Å². The molecule has 0 radical (unpaired) electrons. The zero-order valence-electron chi connectivity index (χ0n) is 12.9. The highest BCUT2D eigenvalue weighted by Gasteiger charge is 2.17. The highest BCUT2D eigenvalue weighted by atomic mass is 19.1. The molecule has 0 aliphatic carbocycles. The molecule has 0 heterocycles. The number of carbonyl (C=O) groups is 1. The van der Waals surface area contributed by atoms with Crippen LogP contribution in [-0.2, 0) is 4.79 Å². The van der Waals surface area contributed by atoms with Gasteiger partial charge in [-0.1, -0.05) is 20.8 Å². The second-order valence-electron chi connectivity index (χ2n) is 5.43. The number of nitrogen functional groups attached to an aromatic ring is 1. The van der Waals surface area contributed by atoms with Gasteiger partial charge in [0.05, 0.1) is 24.5 Å². The van der Waals surface area contributed by atoms with Crippen molar-refractivity contribution >= 4 is 17.3 Å². The van der Waals surface area contributed by atoms with Crippen molar-refractivity contribution in [2.24, 2.45) is 11.7 Å². The third-order valence-corrected chi connectivity index (χ3v) is 2.82. The lowest BCUT2D eigenvalue weighted by atomic mass is 10.1. The number of amides is 1. The van der Waals surface area contributed by atoms with Crippen molar-refractivity contribution in [1.82, 2.24) is 0 Å². The molecule has 1 rings (SSSR count). The van der Waals surface area contributed by atoms with Gasteiger partial charge < -0.3 is 21.1 Å². The van der Waals surface area contributed by atoms with Crippen LogP contribution in [0.1, 0.15) is 27.2 Å². The number of rotatable bonds is 8. The van der Waals surface area contributed by atoms with Crippen molar-refractivity contribution in [2.75, 3.05) is 30.3 Å². The van der Waals surface area contributed by atoms with Crippen LogP contribution in [0, 0.1) is 11.7 Å². The number of primary amides is 1. The van der Waals surface area contributed by atoms with Crippen LogP contribution in [0.15, 0.2) is 12.1 Å². The second kappa shape index (κ2) is 7.71. The molecule has 5 nitrogen and oxygen atoms in total. The maximum Gasteiger partial charge on any atom is 0.236 e. The van der Waals surface area contributed by atoms with E-state index in [1.807, 2.05) is 20.8 Å². The topological polar surface area (TPSA) is 81.6 Å². The lowest BCUT2D eigenvalue weighted by molar-refractivity contribution is -0.116. The van der Waals surface area contributed by atoms with Crippen LogP contribution in [0.3, 0.4) is 0 Å². The summed E-state index contributed by atoms with van der Waals surface area (Å²) in [5.41, 5.74) is 12.0. The first-order valence-electron chi connectivity index (χ1n) is 7.10. The number of anilines is 2. The van der Waals surface area contributed by atoms with Gasteiger partial charge in [0.25, 0.3) is 0 Å². The van der Waals surface area contributed by atoms with E-state index in [0.717, 1.165) is 6.42 Å². The summed E-state index contributed by atoms with van der Waals surface area (Å²) in [6.45, 7) is 7.01. The van der Waals surface area contributed by atoms with Crippen molar-refractivity contribution < 1.29 is 13.9 Å². The summed E-state index contributed by atoms with van der Waals surface area (Å²) in [6, 6.07) is 2.75. The van der Waals surface area contributed by atoms with E-state index < -0.39 is 11.7 Å². The lowest BCUT2D eigenvalue weighted by Gasteiger charge is -2.27. The molecule has 0 spiro atoms. The minimum Gasteiger partial charge on any atom is -0.490 e. The van der Waals surface area contributed by atoms with E-state index in [1.54, 1.807) is 4.90 Å². The van der Waals surface area contributed by atoms with Crippen LogP contribution in [0.25, 0.3) is 0 Å². The standard InChI is InChI=1S/C15H24FN3O2/c1-4-5-21-14-7-13(12(17)6-11(14)16)19(8-10(2)3)9-15(18)20/h6-7,10H,4-5,8-9,17H2,1-3H3,(H2,18,20). The average molecular weight is 297 g/mol. The molecular formula is C15H24FN3O2. The highest BCUT2D eigenvalue weighted by Crippen LogP contribution is 2.31. The zero-order chi connectivity index (χ0) is 16.0. The Hall–Kier alpha value is -1.98. The van der Waals surface area contributed by atoms with E-state index in [4.69, 9.17) is 16.2 Å². The van der Waals surface area contributed by atoms with Crippen molar-refractivity contribution in [3.8, 4) is 5.75 Å². The molecule has 0 aromatic heterocycles. The van der Waals surface area contributed by atoms with E-state index >= 15 is 0 Å². The molecule has 0 fully saturated rings. The molecule has 1 aromatic carbocycles. The monoisotopic (exact) mass is 297 g/mol. The minimum absolute atomic E-state index is 0.0290. The van der Waals surface area contributed by atoms with Crippen LogP contribution in [0.4, 0.5) is 15.8 Å². The largest absolute Gasteiger partial charge is 0.490 e. The van der Waals surface area contributed by atoms with Gasteiger partial charge in [0.1, 0.15) is 0 Å². The van der Waals surface area contributed by atoms with Gasteiger partial charge in [-0.15, -0.1) is 0 Å². The molecule has 0 saturated carbocycles. The molecule has 118 valence electrons. The van der Waals surface area contributed by atoms with Gasteiger partial charge in [0, 0.05) is 18.7 Å². The van der Waals surface area contributed by atoms with Gasteiger partial charge in [-0.25, -0.2) is 4.39 Å². The molecular weight excluding hydrogens is 273 g/mol. The third kappa shape index (κ3) is 5.13. The van der Waals surface area contributed by atoms with Gasteiger partial charge in [-0.3, -0.25) is 4.79 Å². The predicted molar refractivity (Wildman–Crippen MR) is 82.8 cm³/mol. The van der Waals surface area contributed by atoms with Gasteiger partial charge in [-0.05, 0) is 12.3 Å². The summed E-state index contributed by atoms with van der Waals surface area (Å²) in [5, 5.41) is 0. The number of carbonyl (C=O) groups excluding carboxylic acids is 1. The molecule has 6 heteroatoms. The van der Waals surface area contributed by atoms with E-state index in [0.29, 0.717) is 24.8 Å². The number of nitrogens with zero attached hydrogens (tertiary/aromatic N) is 1. The van der Waals surface area contributed by atoms with E-state index in [1.165, 1.54) is 12.1 Å². The molecule has 0 atom stereocenters. The maximum atomic E-state index is 13.8. The summed E-state index contributed by atoms with van der Waals surface area (Å²) in [4.78, 5) is 13.0. The quantitative estimate of drug-likeness (QED) is 0.720. The van der Waals surface area contributed by atoms with Gasteiger partial charge in [-0.2, -0.15) is 0 Å². The molecule has 0 aliphatic rings. The SMILES string of the molecule is CCCOc1cc(N(CC(N)=O)CC(C)C)c(N)cc1F. The Morgan fingerprint density at radius 2 is 2.10 bits per heavy atom. The van der Waals surface area contributed by atoms with Gasteiger partial charge in [0.15, 0.2) is 11.6 Å². The average Bonchev–Trinajstić information content (AvgIpc) is 2.36. The first kappa shape index (κ1) is 17.1. The van der Waals surface area contributed by atoms with Crippen LogP contribution in [0.5, 0.6) is 5.75 Å². The Bertz CT molecular complexity index is 492. The molecule has 0 aliphatic heterocycles. The van der Waals surface area contributed by atoms with Crippen molar-refractivity contribution in [2.45, 2.75) is 27.2 Å². The fourth-order valence-corrected chi connectivity index (χ4v) is 2.03. The summed E-state index contributed by atoms with van der Waals surface area (Å²) in [5.74, 6) is -0.531. The number of halogens is 1. The summed E-state index contributed by atoms with van der Waals surface area (Å²) in [6.07, 6.45) is 0.774. The predicted octanol–water partition coefficient (Wildman–Crippen LogP) is 2.14. The Kier molecular flexibility index (Phi) is 6.27. The number of benzene rings is 1. The molecule has 1 aromatic rings. The fourth-order valence-electron chi connectivity index (χ4n) is 2.03. The molecule has 0 unspecified atom stereocenters. The van der Waals surface area contributed by atoms with Crippen LogP contribution in [-0.4, -0.2) is 25.6 Å². The number of hydrogen-bond acceptors (Lipinski definition) is 4. The smallest absolute Gasteiger partial charge is 0.236 e.